The molecule has 2 amide bonds. The van der Waals surface area contributed by atoms with Crippen molar-refractivity contribution >= 4 is 23.6 Å². The summed E-state index contributed by atoms with van der Waals surface area (Å²) in [6.07, 6.45) is 9.65. The molecule has 1 heterocycles. The van der Waals surface area contributed by atoms with Crippen LogP contribution in [0.15, 0.2) is 0 Å². The number of amides is 2. The van der Waals surface area contributed by atoms with Crippen LogP contribution in [0.1, 0.15) is 51.4 Å². The van der Waals surface area contributed by atoms with E-state index >= 15 is 0 Å². The fourth-order valence-corrected chi connectivity index (χ4v) is 3.77. The van der Waals surface area contributed by atoms with Gasteiger partial charge in [-0.05, 0) is 37.7 Å². The third-order valence-electron chi connectivity index (χ3n) is 4.42. The number of nitrogens with zero attached hydrogens (tertiary/aromatic N) is 1. The van der Waals surface area contributed by atoms with Gasteiger partial charge in [-0.2, -0.15) is 11.8 Å². The van der Waals surface area contributed by atoms with Gasteiger partial charge in [0.25, 0.3) is 0 Å². The van der Waals surface area contributed by atoms with Gasteiger partial charge in [0.1, 0.15) is 5.54 Å². The number of nitrogens with one attached hydrogen (secondary N) is 1. The van der Waals surface area contributed by atoms with E-state index in [-0.39, 0.29) is 11.8 Å². The zero-order valence-corrected chi connectivity index (χ0v) is 13.3. The molecule has 0 aromatic carbocycles. The lowest BCUT2D eigenvalue weighted by atomic mass is 9.80. The Morgan fingerprint density at radius 1 is 1.20 bits per heavy atom. The van der Waals surface area contributed by atoms with Crippen molar-refractivity contribution < 1.29 is 9.59 Å². The normalized spacial score (nSPS) is 22.8. The minimum atomic E-state index is -0.578. The van der Waals surface area contributed by atoms with E-state index in [1.807, 2.05) is 16.7 Å². The molecule has 0 aromatic heterocycles. The van der Waals surface area contributed by atoms with Crippen LogP contribution in [0.25, 0.3) is 0 Å². The minimum absolute atomic E-state index is 0.0480. The number of unbranched alkanes of at least 4 members (excludes halogenated alkanes) is 1. The molecule has 2 aliphatic rings. The van der Waals surface area contributed by atoms with Crippen molar-refractivity contribution in [1.82, 2.24) is 10.2 Å². The number of carbonyl (C=O) groups is 2. The molecule has 0 atom stereocenters. The fraction of sp³-hybridized carbons (Fsp3) is 0.867. The summed E-state index contributed by atoms with van der Waals surface area (Å²) in [5.74, 6) is 1.36. The summed E-state index contributed by atoms with van der Waals surface area (Å²) in [6.45, 7) is 1.39. The van der Waals surface area contributed by atoms with E-state index in [1.165, 1.54) is 6.42 Å². The number of carbonyl (C=O) groups excluding carboxylic acids is 2. The Bertz CT molecular complexity index is 354. The van der Waals surface area contributed by atoms with Gasteiger partial charge in [0, 0.05) is 19.5 Å². The average Bonchev–Trinajstić information content (AvgIpc) is 2.56. The second kappa shape index (κ2) is 7.34. The SMILES string of the molecule is CSCCCCN1CCC(=O)NC2(CCCCC2)C1=O. The number of thioether (sulfide) groups is 1. The smallest absolute Gasteiger partial charge is 0.248 e. The van der Waals surface area contributed by atoms with Crippen LogP contribution in [-0.2, 0) is 9.59 Å². The molecule has 0 unspecified atom stereocenters. The number of hydrogen-bond acceptors (Lipinski definition) is 3. The molecule has 0 aromatic rings. The molecule has 1 aliphatic heterocycles. The molecule has 1 aliphatic carbocycles. The molecule has 1 saturated heterocycles. The molecule has 0 bridgehead atoms. The maximum Gasteiger partial charge on any atom is 0.248 e. The first-order chi connectivity index (χ1) is 9.68. The first-order valence-corrected chi connectivity index (χ1v) is 9.17. The fourth-order valence-electron chi connectivity index (χ4n) is 3.28. The van der Waals surface area contributed by atoms with Crippen molar-refractivity contribution in [3.8, 4) is 0 Å². The van der Waals surface area contributed by atoms with Crippen LogP contribution >= 0.6 is 11.8 Å². The van der Waals surface area contributed by atoms with Crippen LogP contribution < -0.4 is 5.32 Å². The summed E-state index contributed by atoms with van der Waals surface area (Å²) in [7, 11) is 0. The van der Waals surface area contributed by atoms with Crippen LogP contribution in [0, 0.1) is 0 Å². The summed E-state index contributed by atoms with van der Waals surface area (Å²) >= 11 is 1.85. The maximum absolute atomic E-state index is 12.8. The molecule has 2 fully saturated rings. The topological polar surface area (TPSA) is 49.4 Å². The summed E-state index contributed by atoms with van der Waals surface area (Å²) in [6, 6.07) is 0. The molecule has 4 nitrogen and oxygen atoms in total. The van der Waals surface area contributed by atoms with Crippen LogP contribution in [0.2, 0.25) is 0 Å². The summed E-state index contributed by atoms with van der Waals surface area (Å²) in [5.41, 5.74) is -0.578. The number of hydrogen-bond donors (Lipinski definition) is 1. The largest absolute Gasteiger partial charge is 0.342 e. The molecule has 114 valence electrons. The van der Waals surface area contributed by atoms with Gasteiger partial charge in [-0.25, -0.2) is 0 Å². The van der Waals surface area contributed by atoms with Crippen molar-refractivity contribution in [3.63, 3.8) is 0 Å². The molecule has 1 spiro atoms. The van der Waals surface area contributed by atoms with Gasteiger partial charge < -0.3 is 10.2 Å². The Morgan fingerprint density at radius 2 is 1.95 bits per heavy atom. The highest BCUT2D eigenvalue weighted by atomic mass is 32.2. The van der Waals surface area contributed by atoms with Crippen molar-refractivity contribution in [2.24, 2.45) is 0 Å². The zero-order valence-electron chi connectivity index (χ0n) is 12.5. The van der Waals surface area contributed by atoms with Crippen molar-refractivity contribution in [2.45, 2.75) is 56.9 Å². The zero-order chi connectivity index (χ0) is 14.4. The number of rotatable bonds is 5. The van der Waals surface area contributed by atoms with Crippen LogP contribution in [0.3, 0.4) is 0 Å². The standard InChI is InChI=1S/C15H26N2O2S/c1-20-12-6-5-10-17-11-7-13(18)16-15(14(17)19)8-3-2-4-9-15/h2-12H2,1H3,(H,16,18). The Balaban J connectivity index is 2.00. The molecule has 5 heteroatoms. The maximum atomic E-state index is 12.8. The van der Waals surface area contributed by atoms with Crippen molar-refractivity contribution in [2.75, 3.05) is 25.1 Å². The van der Waals surface area contributed by atoms with Gasteiger partial charge in [-0.3, -0.25) is 9.59 Å². The Kier molecular flexibility index (Phi) is 5.75. The second-order valence-corrected chi connectivity index (χ2v) is 6.92. The lowest BCUT2D eigenvalue weighted by molar-refractivity contribution is -0.140. The highest BCUT2D eigenvalue weighted by molar-refractivity contribution is 7.98. The van der Waals surface area contributed by atoms with Crippen LogP contribution in [0.4, 0.5) is 0 Å². The lowest BCUT2D eigenvalue weighted by Crippen LogP contribution is -2.58. The first kappa shape index (κ1) is 15.7. The third-order valence-corrected chi connectivity index (χ3v) is 5.11. The van der Waals surface area contributed by atoms with Gasteiger partial charge >= 0.3 is 0 Å². The van der Waals surface area contributed by atoms with E-state index in [4.69, 9.17) is 0 Å². The molecule has 0 radical (unpaired) electrons. The minimum Gasteiger partial charge on any atom is -0.342 e. The van der Waals surface area contributed by atoms with Gasteiger partial charge in [-0.15, -0.1) is 0 Å². The van der Waals surface area contributed by atoms with E-state index in [1.54, 1.807) is 0 Å². The van der Waals surface area contributed by atoms with Gasteiger partial charge in [0.2, 0.25) is 11.8 Å². The molecule has 1 saturated carbocycles. The monoisotopic (exact) mass is 298 g/mol. The Morgan fingerprint density at radius 3 is 2.65 bits per heavy atom. The molecule has 2 rings (SSSR count). The van der Waals surface area contributed by atoms with Gasteiger partial charge in [-0.1, -0.05) is 19.3 Å². The molecule has 20 heavy (non-hydrogen) atoms. The van der Waals surface area contributed by atoms with Crippen LogP contribution in [0.5, 0.6) is 0 Å². The predicted molar refractivity (Wildman–Crippen MR) is 82.8 cm³/mol. The van der Waals surface area contributed by atoms with Gasteiger partial charge in [0.15, 0.2) is 0 Å². The summed E-state index contributed by atoms with van der Waals surface area (Å²) < 4.78 is 0. The highest BCUT2D eigenvalue weighted by Gasteiger charge is 2.44. The van der Waals surface area contributed by atoms with E-state index in [0.717, 1.165) is 50.8 Å². The third kappa shape index (κ3) is 3.68. The van der Waals surface area contributed by atoms with Gasteiger partial charge in [0.05, 0.1) is 0 Å². The van der Waals surface area contributed by atoms with E-state index in [0.29, 0.717) is 13.0 Å². The molecular weight excluding hydrogens is 272 g/mol. The Hall–Kier alpha value is -0.710. The van der Waals surface area contributed by atoms with Crippen molar-refractivity contribution in [1.29, 1.82) is 0 Å². The average molecular weight is 298 g/mol. The second-order valence-electron chi connectivity index (χ2n) is 5.93. The summed E-state index contributed by atoms with van der Waals surface area (Å²) in [5, 5.41) is 3.04. The molecule has 1 N–H and O–H groups in total. The highest BCUT2D eigenvalue weighted by Crippen LogP contribution is 2.31. The first-order valence-electron chi connectivity index (χ1n) is 7.77. The van der Waals surface area contributed by atoms with Crippen molar-refractivity contribution in [3.05, 3.63) is 0 Å². The van der Waals surface area contributed by atoms with Crippen LogP contribution in [-0.4, -0.2) is 47.4 Å². The van der Waals surface area contributed by atoms with E-state index < -0.39 is 5.54 Å². The quantitative estimate of drug-likeness (QED) is 0.792. The lowest BCUT2D eigenvalue weighted by Gasteiger charge is -2.38. The molecular formula is C15H26N2O2S. The van der Waals surface area contributed by atoms with E-state index in [2.05, 4.69) is 11.6 Å². The Labute approximate surface area is 126 Å². The van der Waals surface area contributed by atoms with E-state index in [9.17, 15) is 9.59 Å². The predicted octanol–water partition coefficient (Wildman–Crippen LogP) is 2.18. The summed E-state index contributed by atoms with van der Waals surface area (Å²) in [4.78, 5) is 26.7.